The minimum Gasteiger partial charge on any atom is -0.361 e. The highest BCUT2D eigenvalue weighted by Gasteiger charge is 2.07. The Labute approximate surface area is 128 Å². The third-order valence-electron chi connectivity index (χ3n) is 3.73. The van der Waals surface area contributed by atoms with Crippen molar-refractivity contribution < 1.29 is 9.18 Å². The highest BCUT2D eigenvalue weighted by atomic mass is 19.1. The highest BCUT2D eigenvalue weighted by molar-refractivity contribution is 5.84. The summed E-state index contributed by atoms with van der Waals surface area (Å²) < 4.78 is 13.5. The summed E-state index contributed by atoms with van der Waals surface area (Å²) in [6, 6.07) is 14.5. The predicted molar refractivity (Wildman–Crippen MR) is 84.9 cm³/mol. The van der Waals surface area contributed by atoms with Gasteiger partial charge in [-0.1, -0.05) is 36.4 Å². The molecule has 0 aliphatic heterocycles. The Morgan fingerprint density at radius 3 is 2.68 bits per heavy atom. The van der Waals surface area contributed by atoms with Crippen LogP contribution in [-0.4, -0.2) is 10.9 Å². The number of aromatic nitrogens is 1. The van der Waals surface area contributed by atoms with Gasteiger partial charge in [0.1, 0.15) is 5.82 Å². The molecular formula is C18H17FN2O. The highest BCUT2D eigenvalue weighted by Crippen LogP contribution is 2.18. The van der Waals surface area contributed by atoms with E-state index in [2.05, 4.69) is 10.3 Å². The number of hydrogen-bond donors (Lipinski definition) is 2. The van der Waals surface area contributed by atoms with Crippen LogP contribution in [0.4, 0.5) is 4.39 Å². The van der Waals surface area contributed by atoms with Crippen LogP contribution in [0.2, 0.25) is 0 Å². The zero-order chi connectivity index (χ0) is 15.4. The average molecular weight is 296 g/mol. The van der Waals surface area contributed by atoms with Gasteiger partial charge >= 0.3 is 0 Å². The molecule has 0 fully saturated rings. The molecule has 3 aromatic rings. The standard InChI is InChI=1S/C18H17FN2O/c19-16-7-3-1-5-14(16)12-21-18(22)10-9-13-11-20-17-8-4-2-6-15(13)17/h1-8,11,20H,9-10,12H2,(H,21,22). The van der Waals surface area contributed by atoms with Crippen LogP contribution in [0.3, 0.4) is 0 Å². The molecule has 0 atom stereocenters. The number of aryl methyl sites for hydroxylation is 1. The molecule has 0 radical (unpaired) electrons. The zero-order valence-corrected chi connectivity index (χ0v) is 12.1. The van der Waals surface area contributed by atoms with E-state index < -0.39 is 0 Å². The lowest BCUT2D eigenvalue weighted by molar-refractivity contribution is -0.121. The number of para-hydroxylation sites is 1. The van der Waals surface area contributed by atoms with Crippen molar-refractivity contribution in [3.63, 3.8) is 0 Å². The van der Waals surface area contributed by atoms with Crippen molar-refractivity contribution in [3.8, 4) is 0 Å². The number of amides is 1. The first-order chi connectivity index (χ1) is 10.7. The van der Waals surface area contributed by atoms with Crippen LogP contribution in [0.1, 0.15) is 17.5 Å². The fourth-order valence-electron chi connectivity index (χ4n) is 2.51. The fourth-order valence-corrected chi connectivity index (χ4v) is 2.51. The van der Waals surface area contributed by atoms with Gasteiger partial charge < -0.3 is 10.3 Å². The molecule has 4 heteroatoms. The zero-order valence-electron chi connectivity index (χ0n) is 12.1. The van der Waals surface area contributed by atoms with E-state index in [1.807, 2.05) is 30.5 Å². The first-order valence-corrected chi connectivity index (χ1v) is 7.29. The average Bonchev–Trinajstić information content (AvgIpc) is 2.95. The van der Waals surface area contributed by atoms with E-state index in [-0.39, 0.29) is 18.3 Å². The van der Waals surface area contributed by atoms with E-state index in [4.69, 9.17) is 0 Å². The quantitative estimate of drug-likeness (QED) is 0.743. The minimum absolute atomic E-state index is 0.0754. The van der Waals surface area contributed by atoms with Crippen molar-refractivity contribution in [2.24, 2.45) is 0 Å². The van der Waals surface area contributed by atoms with Crippen molar-refractivity contribution in [3.05, 3.63) is 71.7 Å². The van der Waals surface area contributed by atoms with Crippen molar-refractivity contribution in [1.29, 1.82) is 0 Å². The van der Waals surface area contributed by atoms with E-state index in [0.29, 0.717) is 18.4 Å². The number of benzene rings is 2. The summed E-state index contributed by atoms with van der Waals surface area (Å²) in [5.41, 5.74) is 2.70. The molecule has 0 saturated heterocycles. The SMILES string of the molecule is O=C(CCc1c[nH]c2ccccc12)NCc1ccccc1F. The molecule has 1 amide bonds. The Balaban J connectivity index is 1.55. The predicted octanol–water partition coefficient (Wildman–Crippen LogP) is 3.56. The third-order valence-corrected chi connectivity index (χ3v) is 3.73. The molecule has 3 nitrogen and oxygen atoms in total. The van der Waals surface area contributed by atoms with Crippen molar-refractivity contribution in [2.45, 2.75) is 19.4 Å². The summed E-state index contributed by atoms with van der Waals surface area (Å²) in [6.07, 6.45) is 2.98. The van der Waals surface area contributed by atoms with E-state index in [0.717, 1.165) is 16.5 Å². The largest absolute Gasteiger partial charge is 0.361 e. The summed E-state index contributed by atoms with van der Waals surface area (Å²) in [5.74, 6) is -0.368. The molecule has 3 rings (SSSR count). The van der Waals surface area contributed by atoms with Gasteiger partial charge in [0.15, 0.2) is 0 Å². The number of H-pyrrole nitrogens is 1. The van der Waals surface area contributed by atoms with E-state index in [9.17, 15) is 9.18 Å². The summed E-state index contributed by atoms with van der Waals surface area (Å²) >= 11 is 0. The van der Waals surface area contributed by atoms with Gasteiger partial charge in [-0.15, -0.1) is 0 Å². The molecule has 2 N–H and O–H groups in total. The maximum Gasteiger partial charge on any atom is 0.220 e. The Morgan fingerprint density at radius 2 is 1.82 bits per heavy atom. The van der Waals surface area contributed by atoms with Crippen molar-refractivity contribution >= 4 is 16.8 Å². The van der Waals surface area contributed by atoms with Gasteiger partial charge in [0.05, 0.1) is 0 Å². The number of aromatic amines is 1. The number of rotatable bonds is 5. The van der Waals surface area contributed by atoms with E-state index in [1.54, 1.807) is 18.2 Å². The third kappa shape index (κ3) is 3.17. The summed E-state index contributed by atoms with van der Waals surface area (Å²) in [4.78, 5) is 15.1. The van der Waals surface area contributed by atoms with E-state index in [1.165, 1.54) is 6.07 Å². The maximum atomic E-state index is 13.5. The number of carbonyl (C=O) groups is 1. The molecule has 0 saturated carbocycles. The molecule has 0 aliphatic carbocycles. The maximum absolute atomic E-state index is 13.5. The molecule has 1 aromatic heterocycles. The van der Waals surface area contributed by atoms with Gasteiger partial charge in [-0.2, -0.15) is 0 Å². The Kier molecular flexibility index (Phi) is 4.19. The molecule has 0 spiro atoms. The molecule has 1 heterocycles. The van der Waals surface area contributed by atoms with Gasteiger partial charge in [0.25, 0.3) is 0 Å². The van der Waals surface area contributed by atoms with Crippen molar-refractivity contribution in [1.82, 2.24) is 10.3 Å². The smallest absolute Gasteiger partial charge is 0.220 e. The fraction of sp³-hybridized carbons (Fsp3) is 0.167. The minimum atomic E-state index is -0.292. The van der Waals surface area contributed by atoms with E-state index >= 15 is 0 Å². The number of carbonyl (C=O) groups excluding carboxylic acids is 1. The monoisotopic (exact) mass is 296 g/mol. The van der Waals surface area contributed by atoms with Crippen LogP contribution < -0.4 is 5.32 Å². The molecule has 0 unspecified atom stereocenters. The van der Waals surface area contributed by atoms with Crippen LogP contribution in [0, 0.1) is 5.82 Å². The number of halogens is 1. The second-order valence-corrected chi connectivity index (χ2v) is 5.23. The lowest BCUT2D eigenvalue weighted by atomic mass is 10.1. The van der Waals surface area contributed by atoms with Gasteiger partial charge in [0.2, 0.25) is 5.91 Å². The van der Waals surface area contributed by atoms with Crippen LogP contribution in [0.5, 0.6) is 0 Å². The van der Waals surface area contributed by atoms with Crippen LogP contribution in [0.15, 0.2) is 54.7 Å². The molecule has 112 valence electrons. The van der Waals surface area contributed by atoms with Crippen LogP contribution >= 0.6 is 0 Å². The summed E-state index contributed by atoms with van der Waals surface area (Å²) in [5, 5.41) is 3.90. The Hall–Kier alpha value is -2.62. The first kappa shape index (κ1) is 14.3. The first-order valence-electron chi connectivity index (χ1n) is 7.29. The molecule has 2 aromatic carbocycles. The van der Waals surface area contributed by atoms with Gasteiger partial charge in [-0.3, -0.25) is 4.79 Å². The molecular weight excluding hydrogens is 279 g/mol. The molecule has 0 aliphatic rings. The number of hydrogen-bond acceptors (Lipinski definition) is 1. The van der Waals surface area contributed by atoms with Crippen molar-refractivity contribution in [2.75, 3.05) is 0 Å². The summed E-state index contributed by atoms with van der Waals surface area (Å²) in [7, 11) is 0. The number of fused-ring (bicyclic) bond motifs is 1. The summed E-state index contributed by atoms with van der Waals surface area (Å²) in [6.45, 7) is 0.222. The second kappa shape index (κ2) is 6.43. The topological polar surface area (TPSA) is 44.9 Å². The Morgan fingerprint density at radius 1 is 1.05 bits per heavy atom. The van der Waals surface area contributed by atoms with Gasteiger partial charge in [-0.05, 0) is 24.1 Å². The lowest BCUT2D eigenvalue weighted by Gasteiger charge is -2.06. The second-order valence-electron chi connectivity index (χ2n) is 5.23. The molecule has 0 bridgehead atoms. The van der Waals surface area contributed by atoms with Gasteiger partial charge in [0, 0.05) is 35.6 Å². The number of nitrogens with one attached hydrogen (secondary N) is 2. The van der Waals surface area contributed by atoms with Gasteiger partial charge in [-0.25, -0.2) is 4.39 Å². The van der Waals surface area contributed by atoms with Crippen LogP contribution in [-0.2, 0) is 17.8 Å². The van der Waals surface area contributed by atoms with Crippen LogP contribution in [0.25, 0.3) is 10.9 Å². The normalized spacial score (nSPS) is 10.8. The lowest BCUT2D eigenvalue weighted by Crippen LogP contribution is -2.23. The molecule has 22 heavy (non-hydrogen) atoms. The Bertz CT molecular complexity index is 794.